The van der Waals surface area contributed by atoms with Gasteiger partial charge < -0.3 is 0 Å². The van der Waals surface area contributed by atoms with Gasteiger partial charge in [0.25, 0.3) is 0 Å². The van der Waals surface area contributed by atoms with E-state index in [1.165, 1.54) is 0 Å². The smallest absolute Gasteiger partial charge is 0.164 e. The van der Waals surface area contributed by atoms with Crippen LogP contribution in [0.2, 0.25) is 0 Å². The van der Waals surface area contributed by atoms with Crippen LogP contribution in [0.25, 0.3) is 90.4 Å². The molecule has 0 aliphatic carbocycles. The Morgan fingerprint density at radius 2 is 0.704 bits per heavy atom. The SMILES string of the molecule is c1ccc(-c2nc(-c3cccc(-c4nc5ccccc5n4-c4ccncc4)c3)nc(-c3cccc(-c4nc5ccccc5n4-c4ccncc4)c3)n2)cc1. The molecular formula is C45H29N9. The highest BCUT2D eigenvalue weighted by molar-refractivity contribution is 5.85. The highest BCUT2D eigenvalue weighted by Gasteiger charge is 2.19. The van der Waals surface area contributed by atoms with Crippen LogP contribution in [-0.2, 0) is 0 Å². The first-order valence-electron chi connectivity index (χ1n) is 17.6. The van der Waals surface area contributed by atoms with Crippen molar-refractivity contribution in [1.82, 2.24) is 44.0 Å². The summed E-state index contributed by atoms with van der Waals surface area (Å²) in [5, 5.41) is 0. The molecule has 0 atom stereocenters. The predicted octanol–water partition coefficient (Wildman–Crippen LogP) is 9.67. The van der Waals surface area contributed by atoms with Gasteiger partial charge in [-0.15, -0.1) is 0 Å². The molecule has 0 saturated heterocycles. The number of pyridine rings is 2. The van der Waals surface area contributed by atoms with E-state index in [1.807, 2.05) is 115 Å². The zero-order valence-corrected chi connectivity index (χ0v) is 28.8. The van der Waals surface area contributed by atoms with E-state index in [0.717, 1.165) is 72.9 Å². The number of aromatic nitrogens is 9. The summed E-state index contributed by atoms with van der Waals surface area (Å²) in [5.41, 5.74) is 10.2. The predicted molar refractivity (Wildman–Crippen MR) is 212 cm³/mol. The first-order valence-corrected chi connectivity index (χ1v) is 17.6. The van der Waals surface area contributed by atoms with Crippen molar-refractivity contribution in [2.24, 2.45) is 0 Å². The molecule has 10 aromatic rings. The summed E-state index contributed by atoms with van der Waals surface area (Å²) < 4.78 is 4.32. The lowest BCUT2D eigenvalue weighted by Gasteiger charge is -2.12. The van der Waals surface area contributed by atoms with Crippen LogP contribution in [-0.4, -0.2) is 44.0 Å². The molecule has 10 rings (SSSR count). The Labute approximate surface area is 310 Å². The highest BCUT2D eigenvalue weighted by Crippen LogP contribution is 2.34. The van der Waals surface area contributed by atoms with Gasteiger partial charge in [0.05, 0.1) is 33.4 Å². The summed E-state index contributed by atoms with van der Waals surface area (Å²) in [6.45, 7) is 0. The normalized spacial score (nSPS) is 11.3. The van der Waals surface area contributed by atoms with Crippen molar-refractivity contribution in [2.45, 2.75) is 0 Å². The van der Waals surface area contributed by atoms with Crippen molar-refractivity contribution in [1.29, 1.82) is 0 Å². The van der Waals surface area contributed by atoms with Crippen molar-refractivity contribution in [3.05, 3.63) is 176 Å². The van der Waals surface area contributed by atoms with Crippen molar-refractivity contribution in [2.75, 3.05) is 0 Å². The Bertz CT molecular complexity index is 2760. The van der Waals surface area contributed by atoms with Crippen molar-refractivity contribution in [3.63, 3.8) is 0 Å². The molecule has 0 amide bonds. The second kappa shape index (κ2) is 13.2. The molecule has 0 N–H and O–H groups in total. The number of rotatable bonds is 7. The lowest BCUT2D eigenvalue weighted by molar-refractivity contribution is 1.07. The summed E-state index contributed by atoms with van der Waals surface area (Å²) in [7, 11) is 0. The molecule has 5 aromatic carbocycles. The maximum absolute atomic E-state index is 5.12. The molecule has 254 valence electrons. The Morgan fingerprint density at radius 3 is 1.19 bits per heavy atom. The zero-order chi connectivity index (χ0) is 35.8. The van der Waals surface area contributed by atoms with Gasteiger partial charge in [0.2, 0.25) is 0 Å². The molecule has 0 spiro atoms. The monoisotopic (exact) mass is 695 g/mol. The molecule has 0 fully saturated rings. The quantitative estimate of drug-likeness (QED) is 0.164. The minimum absolute atomic E-state index is 0.557. The average Bonchev–Trinajstić information content (AvgIpc) is 3.84. The largest absolute Gasteiger partial charge is 0.292 e. The van der Waals surface area contributed by atoms with Crippen LogP contribution >= 0.6 is 0 Å². The van der Waals surface area contributed by atoms with E-state index in [-0.39, 0.29) is 0 Å². The second-order valence-corrected chi connectivity index (χ2v) is 12.8. The van der Waals surface area contributed by atoms with E-state index in [1.54, 1.807) is 24.8 Å². The lowest BCUT2D eigenvalue weighted by Crippen LogP contribution is -2.01. The maximum Gasteiger partial charge on any atom is 0.164 e. The third-order valence-corrected chi connectivity index (χ3v) is 9.39. The lowest BCUT2D eigenvalue weighted by atomic mass is 10.1. The van der Waals surface area contributed by atoms with Gasteiger partial charge in [0.1, 0.15) is 11.6 Å². The number of benzene rings is 5. The minimum Gasteiger partial charge on any atom is -0.292 e. The summed E-state index contributed by atoms with van der Waals surface area (Å²) >= 11 is 0. The third-order valence-electron chi connectivity index (χ3n) is 9.39. The fourth-order valence-corrected chi connectivity index (χ4v) is 6.89. The van der Waals surface area contributed by atoms with Crippen molar-refractivity contribution < 1.29 is 0 Å². The fourth-order valence-electron chi connectivity index (χ4n) is 6.89. The summed E-state index contributed by atoms with van der Waals surface area (Å²) in [4.78, 5) is 33.9. The Morgan fingerprint density at radius 1 is 0.315 bits per heavy atom. The van der Waals surface area contributed by atoms with E-state index < -0.39 is 0 Å². The van der Waals surface area contributed by atoms with Crippen molar-refractivity contribution >= 4 is 22.1 Å². The molecule has 0 bridgehead atoms. The first-order chi connectivity index (χ1) is 26.8. The first kappa shape index (κ1) is 31.1. The molecule has 0 aliphatic heterocycles. The molecule has 5 aromatic heterocycles. The number of hydrogen-bond donors (Lipinski definition) is 0. The molecule has 9 heteroatoms. The Hall–Kier alpha value is -7.65. The van der Waals surface area contributed by atoms with Crippen LogP contribution in [0.15, 0.2) is 176 Å². The molecule has 9 nitrogen and oxygen atoms in total. The van der Waals surface area contributed by atoms with E-state index in [0.29, 0.717) is 17.5 Å². The fraction of sp³-hybridized carbons (Fsp3) is 0. The van der Waals surface area contributed by atoms with E-state index in [9.17, 15) is 0 Å². The molecule has 0 aliphatic rings. The van der Waals surface area contributed by atoms with Gasteiger partial charge in [0.15, 0.2) is 17.5 Å². The van der Waals surface area contributed by atoms with E-state index in [4.69, 9.17) is 24.9 Å². The Balaban J connectivity index is 1.12. The van der Waals surface area contributed by atoms with E-state index in [2.05, 4.69) is 55.5 Å². The summed E-state index contributed by atoms with van der Waals surface area (Å²) in [5.74, 6) is 3.32. The molecule has 5 heterocycles. The number of imidazole rings is 2. The van der Waals surface area contributed by atoms with E-state index >= 15 is 0 Å². The van der Waals surface area contributed by atoms with Crippen LogP contribution in [0.1, 0.15) is 0 Å². The topological polar surface area (TPSA) is 100 Å². The van der Waals surface area contributed by atoms with Gasteiger partial charge in [-0.2, -0.15) is 0 Å². The summed E-state index contributed by atoms with van der Waals surface area (Å²) in [6.07, 6.45) is 7.19. The molecule has 0 saturated carbocycles. The highest BCUT2D eigenvalue weighted by atomic mass is 15.1. The third kappa shape index (κ3) is 5.57. The van der Waals surface area contributed by atoms with Crippen molar-refractivity contribution in [3.8, 4) is 68.3 Å². The van der Waals surface area contributed by atoms with Crippen LogP contribution < -0.4 is 0 Å². The van der Waals surface area contributed by atoms with Gasteiger partial charge in [0, 0.05) is 52.6 Å². The van der Waals surface area contributed by atoms with Gasteiger partial charge in [-0.05, 0) is 60.7 Å². The van der Waals surface area contributed by atoms with Gasteiger partial charge in [-0.3, -0.25) is 19.1 Å². The maximum atomic E-state index is 5.12. The van der Waals surface area contributed by atoms with Gasteiger partial charge in [-0.1, -0.05) is 91.0 Å². The van der Waals surface area contributed by atoms with Crippen LogP contribution in [0, 0.1) is 0 Å². The molecule has 0 unspecified atom stereocenters. The molecular weight excluding hydrogens is 667 g/mol. The number of nitrogens with zero attached hydrogens (tertiary/aromatic N) is 9. The van der Waals surface area contributed by atoms with Crippen LogP contribution in [0.3, 0.4) is 0 Å². The Kier molecular flexibility index (Phi) is 7.58. The van der Waals surface area contributed by atoms with Gasteiger partial charge >= 0.3 is 0 Å². The standard InChI is InChI=1S/C45H29N9/c1-2-10-30(11-3-1)41-50-42(31-12-8-14-33(28-31)44-48-37-16-4-6-18-39(37)53(44)35-20-24-46-25-21-35)52-43(51-41)32-13-9-15-34(29-32)45-49-38-17-5-7-19-40(38)54(45)36-22-26-47-27-23-36/h1-29H. The number of para-hydroxylation sites is 4. The average molecular weight is 696 g/mol. The van der Waals surface area contributed by atoms with Gasteiger partial charge in [-0.25, -0.2) is 24.9 Å². The summed E-state index contributed by atoms with van der Waals surface area (Å²) in [6, 6.07) is 50.7. The van der Waals surface area contributed by atoms with Crippen LogP contribution in [0.5, 0.6) is 0 Å². The minimum atomic E-state index is 0.557. The zero-order valence-electron chi connectivity index (χ0n) is 28.8. The molecule has 54 heavy (non-hydrogen) atoms. The number of hydrogen-bond acceptors (Lipinski definition) is 7. The number of fused-ring (bicyclic) bond motifs is 2. The molecule has 0 radical (unpaired) electrons. The van der Waals surface area contributed by atoms with Crippen LogP contribution in [0.4, 0.5) is 0 Å². The second-order valence-electron chi connectivity index (χ2n) is 12.8.